The summed E-state index contributed by atoms with van der Waals surface area (Å²) < 4.78 is 36.1. The van der Waals surface area contributed by atoms with E-state index in [0.29, 0.717) is 29.5 Å². The molecule has 0 unspecified atom stereocenters. The summed E-state index contributed by atoms with van der Waals surface area (Å²) in [5.41, 5.74) is 8.22. The maximum absolute atomic E-state index is 14.7. The Hall–Kier alpha value is -3.20. The van der Waals surface area contributed by atoms with Gasteiger partial charge in [0.25, 0.3) is 0 Å². The first-order valence-electron chi connectivity index (χ1n) is 10.7. The van der Waals surface area contributed by atoms with Crippen molar-refractivity contribution in [3.05, 3.63) is 65.4 Å². The summed E-state index contributed by atoms with van der Waals surface area (Å²) in [6.07, 6.45) is 5.59. The molecule has 2 heterocycles. The van der Waals surface area contributed by atoms with Crippen LogP contribution in [0.4, 0.5) is 14.6 Å². The van der Waals surface area contributed by atoms with E-state index < -0.39 is 11.6 Å². The van der Waals surface area contributed by atoms with Gasteiger partial charge in [0.15, 0.2) is 5.82 Å². The van der Waals surface area contributed by atoms with Gasteiger partial charge in [0, 0.05) is 34.8 Å². The van der Waals surface area contributed by atoms with E-state index in [9.17, 15) is 8.78 Å². The average molecular weight is 470 g/mol. The maximum atomic E-state index is 14.7. The number of rotatable bonds is 9. The average Bonchev–Trinajstić information content (AvgIpc) is 3.16. The normalized spacial score (nSPS) is 11.3. The predicted octanol–water partition coefficient (Wildman–Crippen LogP) is 5.10. The van der Waals surface area contributed by atoms with Gasteiger partial charge < -0.3 is 10.5 Å². The number of fused-ring (bicyclic) bond motifs is 1. The highest BCUT2D eigenvalue weighted by Crippen LogP contribution is 2.29. The number of thioether (sulfide) groups is 1. The molecule has 0 saturated heterocycles. The van der Waals surface area contributed by atoms with Gasteiger partial charge >= 0.3 is 0 Å². The molecule has 33 heavy (non-hydrogen) atoms. The van der Waals surface area contributed by atoms with Crippen LogP contribution in [0.25, 0.3) is 22.4 Å². The third-order valence-corrected chi connectivity index (χ3v) is 5.99. The van der Waals surface area contributed by atoms with Crippen LogP contribution in [0.15, 0.2) is 42.6 Å². The zero-order chi connectivity index (χ0) is 23.4. The van der Waals surface area contributed by atoms with E-state index in [1.165, 1.54) is 12.1 Å². The predicted molar refractivity (Wildman–Crippen MR) is 129 cm³/mol. The van der Waals surface area contributed by atoms with Crippen molar-refractivity contribution in [2.24, 2.45) is 0 Å². The van der Waals surface area contributed by atoms with Crippen molar-refractivity contribution >= 4 is 28.5 Å². The van der Waals surface area contributed by atoms with Gasteiger partial charge in [-0.25, -0.2) is 18.7 Å². The Balaban J connectivity index is 1.70. The second-order valence-corrected chi connectivity index (χ2v) is 8.51. The van der Waals surface area contributed by atoms with Crippen LogP contribution in [0.5, 0.6) is 5.75 Å². The lowest BCUT2D eigenvalue weighted by atomic mass is 10.1. The molecular formula is C24H25F2N5OS. The number of hydrogen-bond acceptors (Lipinski definition) is 6. The van der Waals surface area contributed by atoms with Crippen molar-refractivity contribution in [1.29, 1.82) is 0 Å². The molecule has 0 aliphatic carbocycles. The minimum atomic E-state index is -0.685. The maximum Gasteiger partial charge on any atom is 0.182 e. The van der Waals surface area contributed by atoms with Crippen molar-refractivity contribution in [3.63, 3.8) is 0 Å². The van der Waals surface area contributed by atoms with Crippen molar-refractivity contribution in [1.82, 2.24) is 19.7 Å². The third kappa shape index (κ3) is 4.93. The number of anilines is 1. The fourth-order valence-corrected chi connectivity index (χ4v) is 4.11. The summed E-state index contributed by atoms with van der Waals surface area (Å²) in [7, 11) is 0. The Morgan fingerprint density at radius 2 is 1.91 bits per heavy atom. The lowest BCUT2D eigenvalue weighted by Gasteiger charge is -2.09. The van der Waals surface area contributed by atoms with Gasteiger partial charge in [0.1, 0.15) is 28.9 Å². The fraction of sp³-hybridized carbons (Fsp3) is 0.292. The Bertz CT molecular complexity index is 1250. The standard InChI is InChI=1S/C24H25F2N5OS/c1-3-32-16-11-19(25)18(20(26)12-16)14-31-21-9-5-4-8-17(21)22(30-31)24-28-13-15(23(27)29-24)7-6-10-33-2/h4-5,8-9,11-13H,3,6-7,10,14H2,1-2H3,(H2,27,28,29). The molecule has 2 aromatic heterocycles. The zero-order valence-corrected chi connectivity index (χ0v) is 19.3. The first kappa shape index (κ1) is 23.0. The Labute approximate surface area is 195 Å². The van der Waals surface area contributed by atoms with E-state index in [2.05, 4.69) is 21.3 Å². The molecule has 0 radical (unpaired) electrons. The van der Waals surface area contributed by atoms with E-state index in [0.717, 1.165) is 29.5 Å². The first-order chi connectivity index (χ1) is 16.0. The van der Waals surface area contributed by atoms with Crippen LogP contribution in [0, 0.1) is 11.6 Å². The first-order valence-corrected chi connectivity index (χ1v) is 12.1. The van der Waals surface area contributed by atoms with Crippen molar-refractivity contribution in [3.8, 4) is 17.3 Å². The van der Waals surface area contributed by atoms with Crippen LogP contribution in [0.1, 0.15) is 24.5 Å². The molecule has 6 nitrogen and oxygen atoms in total. The van der Waals surface area contributed by atoms with Crippen LogP contribution in [-0.2, 0) is 13.0 Å². The largest absolute Gasteiger partial charge is 0.494 e. The van der Waals surface area contributed by atoms with Gasteiger partial charge in [0.2, 0.25) is 0 Å². The summed E-state index contributed by atoms with van der Waals surface area (Å²) in [6.45, 7) is 1.99. The molecule has 0 saturated carbocycles. The Morgan fingerprint density at radius 3 is 2.61 bits per heavy atom. The number of aryl methyl sites for hydroxylation is 1. The van der Waals surface area contributed by atoms with E-state index in [1.54, 1.807) is 29.6 Å². The van der Waals surface area contributed by atoms with Gasteiger partial charge in [-0.2, -0.15) is 16.9 Å². The molecule has 0 aliphatic heterocycles. The van der Waals surface area contributed by atoms with Gasteiger partial charge in [-0.15, -0.1) is 0 Å². The monoisotopic (exact) mass is 469 g/mol. The summed E-state index contributed by atoms with van der Waals surface area (Å²) >= 11 is 1.78. The van der Waals surface area contributed by atoms with Crippen molar-refractivity contribution in [2.75, 3.05) is 24.3 Å². The highest BCUT2D eigenvalue weighted by Gasteiger charge is 2.19. The molecule has 4 rings (SSSR count). The molecule has 0 bridgehead atoms. The molecule has 4 aromatic rings. The summed E-state index contributed by atoms with van der Waals surface area (Å²) in [4.78, 5) is 8.97. The smallest absolute Gasteiger partial charge is 0.182 e. The molecule has 0 atom stereocenters. The van der Waals surface area contributed by atoms with Crippen LogP contribution in [0.3, 0.4) is 0 Å². The number of nitrogens with zero attached hydrogens (tertiary/aromatic N) is 4. The van der Waals surface area contributed by atoms with Gasteiger partial charge in [-0.1, -0.05) is 18.2 Å². The number of halogens is 2. The highest BCUT2D eigenvalue weighted by atomic mass is 32.2. The van der Waals surface area contributed by atoms with Gasteiger partial charge in [0.05, 0.1) is 18.7 Å². The van der Waals surface area contributed by atoms with Crippen LogP contribution in [0.2, 0.25) is 0 Å². The minimum Gasteiger partial charge on any atom is -0.494 e. The molecule has 0 fully saturated rings. The van der Waals surface area contributed by atoms with Crippen LogP contribution >= 0.6 is 11.8 Å². The molecule has 2 N–H and O–H groups in total. The number of ether oxygens (including phenoxy) is 1. The molecule has 2 aromatic carbocycles. The van der Waals surface area contributed by atoms with Gasteiger partial charge in [-0.3, -0.25) is 4.68 Å². The fourth-order valence-electron chi connectivity index (χ4n) is 3.68. The van der Waals surface area contributed by atoms with E-state index in [-0.39, 0.29) is 17.9 Å². The van der Waals surface area contributed by atoms with E-state index in [1.807, 2.05) is 24.3 Å². The molecule has 0 spiro atoms. The molecule has 172 valence electrons. The molecule has 0 aliphatic rings. The quantitative estimate of drug-likeness (QED) is 0.344. The SMILES string of the molecule is CCOc1cc(F)c(Cn2nc(-c3ncc(CCCSC)c(N)n3)c3ccccc32)c(F)c1. The number of benzene rings is 2. The van der Waals surface area contributed by atoms with Crippen molar-refractivity contribution < 1.29 is 13.5 Å². The molecule has 9 heteroatoms. The second kappa shape index (κ2) is 10.2. The number of hydrogen-bond donors (Lipinski definition) is 1. The van der Waals surface area contributed by atoms with E-state index >= 15 is 0 Å². The minimum absolute atomic E-state index is 0.0904. The van der Waals surface area contributed by atoms with Gasteiger partial charge in [-0.05, 0) is 37.8 Å². The number of nitrogen functional groups attached to an aromatic ring is 1. The summed E-state index contributed by atoms with van der Waals surface area (Å²) in [5, 5.41) is 5.39. The Kier molecular flexibility index (Phi) is 7.08. The van der Waals surface area contributed by atoms with Crippen LogP contribution < -0.4 is 10.5 Å². The highest BCUT2D eigenvalue weighted by molar-refractivity contribution is 7.98. The number of nitrogens with two attached hydrogens (primary N) is 1. The van der Waals surface area contributed by atoms with E-state index in [4.69, 9.17) is 10.5 Å². The number of para-hydroxylation sites is 1. The molecule has 0 amide bonds. The lowest BCUT2D eigenvalue weighted by molar-refractivity contribution is 0.335. The second-order valence-electron chi connectivity index (χ2n) is 7.52. The summed E-state index contributed by atoms with van der Waals surface area (Å²) in [5.74, 6) is 0.620. The van der Waals surface area contributed by atoms with Crippen molar-refractivity contribution in [2.45, 2.75) is 26.3 Å². The number of aromatic nitrogens is 4. The molecular weight excluding hydrogens is 444 g/mol. The third-order valence-electron chi connectivity index (χ3n) is 5.30. The topological polar surface area (TPSA) is 78.8 Å². The zero-order valence-electron chi connectivity index (χ0n) is 18.5. The van der Waals surface area contributed by atoms with Crippen LogP contribution in [-0.4, -0.2) is 38.4 Å². The Morgan fingerprint density at radius 1 is 1.15 bits per heavy atom. The lowest BCUT2D eigenvalue weighted by Crippen LogP contribution is -2.07. The summed E-state index contributed by atoms with van der Waals surface area (Å²) in [6, 6.07) is 9.82.